The number of fused-ring (bicyclic) bond motifs is 1. The smallest absolute Gasteiger partial charge is 0.119 e. The second-order valence-corrected chi connectivity index (χ2v) is 11.3. The van der Waals surface area contributed by atoms with Gasteiger partial charge in [0.1, 0.15) is 11.9 Å². The zero-order chi connectivity index (χ0) is 25.1. The molecule has 0 radical (unpaired) electrons. The molecule has 3 aromatic carbocycles. The van der Waals surface area contributed by atoms with Gasteiger partial charge in [0.15, 0.2) is 0 Å². The summed E-state index contributed by atoms with van der Waals surface area (Å²) in [4.78, 5) is 2.28. The molecule has 0 N–H and O–H groups in total. The number of benzene rings is 3. The van der Waals surface area contributed by atoms with Crippen LogP contribution in [0.3, 0.4) is 0 Å². The fourth-order valence-corrected chi connectivity index (χ4v) is 6.29. The number of likely N-dealkylation sites (tertiary alicyclic amines) is 1. The first kappa shape index (κ1) is 25.8. The summed E-state index contributed by atoms with van der Waals surface area (Å²) in [6.07, 6.45) is 4.69. The Hall–Kier alpha value is -1.85. The van der Waals surface area contributed by atoms with Gasteiger partial charge in [-0.25, -0.2) is 0 Å². The summed E-state index contributed by atoms with van der Waals surface area (Å²) < 4.78 is 19.9. The lowest BCUT2D eigenvalue weighted by atomic mass is 9.88. The largest absolute Gasteiger partial charge is 0.489 e. The molecule has 0 amide bonds. The van der Waals surface area contributed by atoms with Crippen LogP contribution in [0.25, 0.3) is 11.1 Å². The minimum Gasteiger partial charge on any atom is -0.489 e. The van der Waals surface area contributed by atoms with E-state index in [0.29, 0.717) is 16.5 Å². The van der Waals surface area contributed by atoms with Crippen LogP contribution in [-0.4, -0.2) is 37.3 Å². The van der Waals surface area contributed by atoms with Crippen molar-refractivity contribution < 1.29 is 9.13 Å². The lowest BCUT2D eigenvalue weighted by molar-refractivity contribution is 0.198. The molecule has 1 aliphatic carbocycles. The van der Waals surface area contributed by atoms with Gasteiger partial charge in [-0.15, -0.1) is 0 Å². The van der Waals surface area contributed by atoms with Crippen molar-refractivity contribution >= 4 is 50.3 Å². The lowest BCUT2D eigenvalue weighted by Crippen LogP contribution is -2.26. The molecule has 1 saturated heterocycles. The average molecular weight is 589 g/mol. The number of halogens is 4. The summed E-state index contributed by atoms with van der Waals surface area (Å²) in [5, 5.41) is 1.31. The maximum atomic E-state index is 12.5. The Bertz CT molecular complexity index is 1260. The number of alkyl halides is 1. The first-order chi connectivity index (χ1) is 17.5. The number of ether oxygens (including phenoxy) is 1. The van der Waals surface area contributed by atoms with Crippen LogP contribution in [0.1, 0.15) is 47.9 Å². The van der Waals surface area contributed by atoms with Gasteiger partial charge < -0.3 is 4.74 Å². The fraction of sp³-hybridized carbons (Fsp3) is 0.333. The summed E-state index contributed by atoms with van der Waals surface area (Å²) in [6, 6.07) is 20.8. The molecule has 3 aromatic rings. The minimum atomic E-state index is -0.261. The van der Waals surface area contributed by atoms with Crippen LogP contribution in [-0.2, 0) is 6.42 Å². The fourth-order valence-electron chi connectivity index (χ4n) is 5.36. The molecule has 1 heterocycles. The molecule has 1 atom stereocenters. The summed E-state index contributed by atoms with van der Waals surface area (Å²) in [7, 11) is 0. The molecule has 1 fully saturated rings. The Balaban J connectivity index is 1.49. The SMILES string of the molecule is FCCCN1CC[C@H](Oc2ccc(C3=C(c4ccc(Cl)cc4Cl)CCCc4cc(Br)ccc43)cc2)C1. The molecule has 5 rings (SSSR count). The Labute approximate surface area is 231 Å². The third-order valence-electron chi connectivity index (χ3n) is 7.05. The van der Waals surface area contributed by atoms with E-state index in [1.54, 1.807) is 0 Å². The van der Waals surface area contributed by atoms with E-state index in [0.717, 1.165) is 66.7 Å². The van der Waals surface area contributed by atoms with Crippen molar-refractivity contribution in [1.82, 2.24) is 4.90 Å². The van der Waals surface area contributed by atoms with Gasteiger partial charge in [-0.3, -0.25) is 9.29 Å². The Morgan fingerprint density at radius 2 is 1.78 bits per heavy atom. The van der Waals surface area contributed by atoms with Crippen molar-refractivity contribution in [2.45, 2.75) is 38.2 Å². The van der Waals surface area contributed by atoms with E-state index in [-0.39, 0.29) is 12.8 Å². The van der Waals surface area contributed by atoms with Gasteiger partial charge in [-0.2, -0.15) is 0 Å². The van der Waals surface area contributed by atoms with Gasteiger partial charge in [-0.05, 0) is 102 Å². The van der Waals surface area contributed by atoms with E-state index < -0.39 is 0 Å². The summed E-state index contributed by atoms with van der Waals surface area (Å²) in [6.45, 7) is 2.36. The molecule has 0 aromatic heterocycles. The van der Waals surface area contributed by atoms with Gasteiger partial charge in [0.2, 0.25) is 0 Å². The molecule has 0 saturated carbocycles. The van der Waals surface area contributed by atoms with E-state index >= 15 is 0 Å². The van der Waals surface area contributed by atoms with Gasteiger partial charge >= 0.3 is 0 Å². The predicted molar refractivity (Wildman–Crippen MR) is 152 cm³/mol. The topological polar surface area (TPSA) is 12.5 Å². The van der Waals surface area contributed by atoms with Crippen molar-refractivity contribution in [3.05, 3.63) is 97.4 Å². The first-order valence-corrected chi connectivity index (χ1v) is 14.1. The average Bonchev–Trinajstić information content (AvgIpc) is 3.22. The molecule has 36 heavy (non-hydrogen) atoms. The van der Waals surface area contributed by atoms with E-state index in [2.05, 4.69) is 63.3 Å². The number of hydrogen-bond acceptors (Lipinski definition) is 2. The van der Waals surface area contributed by atoms with Gasteiger partial charge in [-0.1, -0.05) is 63.4 Å². The van der Waals surface area contributed by atoms with Crippen molar-refractivity contribution in [2.24, 2.45) is 0 Å². The van der Waals surface area contributed by atoms with Gasteiger partial charge in [0, 0.05) is 34.2 Å². The molecule has 6 heteroatoms. The highest BCUT2D eigenvalue weighted by molar-refractivity contribution is 9.10. The number of nitrogens with zero attached hydrogens (tertiary/aromatic N) is 1. The maximum Gasteiger partial charge on any atom is 0.119 e. The van der Waals surface area contributed by atoms with Crippen molar-refractivity contribution in [3.8, 4) is 5.75 Å². The third kappa shape index (κ3) is 5.83. The molecule has 188 valence electrons. The lowest BCUT2D eigenvalue weighted by Gasteiger charge is -2.19. The second kappa shape index (κ2) is 11.7. The summed E-state index contributed by atoms with van der Waals surface area (Å²) in [5.41, 5.74) is 7.20. The molecule has 0 spiro atoms. The molecule has 2 nitrogen and oxygen atoms in total. The van der Waals surface area contributed by atoms with E-state index in [9.17, 15) is 4.39 Å². The monoisotopic (exact) mass is 587 g/mol. The molecule has 1 aliphatic heterocycles. The third-order valence-corrected chi connectivity index (χ3v) is 8.09. The Kier molecular flexibility index (Phi) is 8.37. The second-order valence-electron chi connectivity index (χ2n) is 9.53. The Morgan fingerprint density at radius 3 is 2.56 bits per heavy atom. The highest BCUT2D eigenvalue weighted by Crippen LogP contribution is 2.43. The number of hydrogen-bond donors (Lipinski definition) is 0. The van der Waals surface area contributed by atoms with E-state index in [1.807, 2.05) is 18.2 Å². The summed E-state index contributed by atoms with van der Waals surface area (Å²) in [5.74, 6) is 0.868. The van der Waals surface area contributed by atoms with Crippen molar-refractivity contribution in [1.29, 1.82) is 0 Å². The van der Waals surface area contributed by atoms with Crippen LogP contribution in [0.4, 0.5) is 4.39 Å². The van der Waals surface area contributed by atoms with Crippen LogP contribution < -0.4 is 4.74 Å². The van der Waals surface area contributed by atoms with Crippen LogP contribution in [0, 0.1) is 0 Å². The zero-order valence-corrected chi connectivity index (χ0v) is 23.2. The first-order valence-electron chi connectivity index (χ1n) is 12.5. The minimum absolute atomic E-state index is 0.147. The van der Waals surface area contributed by atoms with E-state index in [4.69, 9.17) is 27.9 Å². The number of rotatable bonds is 7. The van der Waals surface area contributed by atoms with Crippen LogP contribution in [0.15, 0.2) is 65.1 Å². The van der Waals surface area contributed by atoms with Crippen molar-refractivity contribution in [3.63, 3.8) is 0 Å². The number of aryl methyl sites for hydroxylation is 1. The zero-order valence-electron chi connectivity index (χ0n) is 20.1. The normalized spacial score (nSPS) is 18.3. The predicted octanol–water partition coefficient (Wildman–Crippen LogP) is 8.86. The quantitative estimate of drug-likeness (QED) is 0.273. The highest BCUT2D eigenvalue weighted by Gasteiger charge is 2.24. The van der Waals surface area contributed by atoms with Crippen LogP contribution >= 0.6 is 39.1 Å². The standard InChI is InChI=1S/C30H29BrCl2FNO/c31-22-7-11-26-21(17-22)3-1-4-28(27-12-8-23(32)18-29(27)33)30(26)20-5-9-24(10-6-20)36-25-13-16-35(19-25)15-2-14-34/h5-12,17-18,25H,1-4,13-16,19H2/t25-/m0/s1. The van der Waals surface area contributed by atoms with Crippen LogP contribution in [0.5, 0.6) is 5.75 Å². The molecule has 2 aliphatic rings. The highest BCUT2D eigenvalue weighted by atomic mass is 79.9. The van der Waals surface area contributed by atoms with E-state index in [1.165, 1.54) is 22.3 Å². The maximum absolute atomic E-state index is 12.5. The molecule has 0 unspecified atom stereocenters. The van der Waals surface area contributed by atoms with Gasteiger partial charge in [0.05, 0.1) is 6.67 Å². The molecular formula is C30H29BrCl2FNO. The number of allylic oxidation sites excluding steroid dienone is 1. The van der Waals surface area contributed by atoms with Crippen molar-refractivity contribution in [2.75, 3.05) is 26.3 Å². The molecule has 0 bridgehead atoms. The molecular weight excluding hydrogens is 560 g/mol. The summed E-state index contributed by atoms with van der Waals surface area (Å²) >= 11 is 16.6. The van der Waals surface area contributed by atoms with Crippen LogP contribution in [0.2, 0.25) is 10.0 Å². The van der Waals surface area contributed by atoms with Gasteiger partial charge in [0.25, 0.3) is 0 Å². The Morgan fingerprint density at radius 1 is 0.972 bits per heavy atom.